The van der Waals surface area contributed by atoms with Crippen LogP contribution in [0.15, 0.2) is 22.7 Å². The normalized spacial score (nSPS) is 14.7. The Morgan fingerprint density at radius 1 is 1.08 bits per heavy atom. The molecule has 0 N–H and O–H groups in total. The van der Waals surface area contributed by atoms with E-state index in [9.17, 15) is 4.39 Å². The molecule has 0 amide bonds. The Labute approximate surface area is 80.3 Å². The van der Waals surface area contributed by atoms with Gasteiger partial charge in [0, 0.05) is 0 Å². The summed E-state index contributed by atoms with van der Waals surface area (Å²) < 4.78 is 18.3. The van der Waals surface area contributed by atoms with E-state index in [-0.39, 0.29) is 11.9 Å². The van der Waals surface area contributed by atoms with E-state index in [1.54, 1.807) is 6.92 Å². The molecule has 0 saturated heterocycles. The summed E-state index contributed by atoms with van der Waals surface area (Å²) in [6.45, 7) is 10.9. The van der Waals surface area contributed by atoms with Gasteiger partial charge in [0.2, 0.25) is 0 Å². The Balaban J connectivity index is 4.42. The lowest BCUT2D eigenvalue weighted by atomic mass is 10.2. The SMILES string of the molecule is CC(C)=C(C)OC(C)/C(C)=C(/C)F. The van der Waals surface area contributed by atoms with Gasteiger partial charge in [-0.05, 0) is 52.7 Å². The zero-order valence-corrected chi connectivity index (χ0v) is 9.36. The molecule has 1 unspecified atom stereocenters. The standard InChI is InChI=1S/C11H19FO/c1-7(2)10(5)13-11(6)8(3)9(4)12/h11H,1-6H3/b9-8-. The molecule has 0 saturated carbocycles. The van der Waals surface area contributed by atoms with E-state index in [1.165, 1.54) is 6.92 Å². The number of rotatable bonds is 3. The van der Waals surface area contributed by atoms with Crippen LogP contribution in [0, 0.1) is 0 Å². The minimum atomic E-state index is -0.181. The fraction of sp³-hybridized carbons (Fsp3) is 0.636. The topological polar surface area (TPSA) is 9.23 Å². The minimum Gasteiger partial charge on any atom is -0.491 e. The summed E-state index contributed by atoms with van der Waals surface area (Å²) in [6, 6.07) is 0. The fourth-order valence-corrected chi connectivity index (χ4v) is 0.751. The fourth-order valence-electron chi connectivity index (χ4n) is 0.751. The van der Waals surface area contributed by atoms with Crippen molar-refractivity contribution in [3.05, 3.63) is 22.7 Å². The van der Waals surface area contributed by atoms with Gasteiger partial charge in [-0.3, -0.25) is 0 Å². The third-order valence-corrected chi connectivity index (χ3v) is 2.21. The molecule has 0 aromatic rings. The average molecular weight is 186 g/mol. The monoisotopic (exact) mass is 186 g/mol. The second kappa shape index (κ2) is 5.05. The maximum atomic E-state index is 12.8. The maximum absolute atomic E-state index is 12.8. The summed E-state index contributed by atoms with van der Waals surface area (Å²) in [4.78, 5) is 0. The first-order valence-corrected chi connectivity index (χ1v) is 4.49. The van der Waals surface area contributed by atoms with Crippen molar-refractivity contribution >= 4 is 0 Å². The summed E-state index contributed by atoms with van der Waals surface area (Å²) in [5, 5.41) is 0. The molecule has 0 aliphatic rings. The van der Waals surface area contributed by atoms with Crippen LogP contribution in [0.3, 0.4) is 0 Å². The second-order valence-electron chi connectivity index (χ2n) is 3.53. The lowest BCUT2D eigenvalue weighted by molar-refractivity contribution is 0.156. The molecule has 0 fully saturated rings. The number of hydrogen-bond donors (Lipinski definition) is 0. The van der Waals surface area contributed by atoms with Gasteiger partial charge in [0.15, 0.2) is 0 Å². The van der Waals surface area contributed by atoms with Crippen molar-refractivity contribution in [1.82, 2.24) is 0 Å². The minimum absolute atomic E-state index is 0.158. The van der Waals surface area contributed by atoms with Gasteiger partial charge in [-0.15, -0.1) is 0 Å². The van der Waals surface area contributed by atoms with Crippen molar-refractivity contribution in [1.29, 1.82) is 0 Å². The van der Waals surface area contributed by atoms with Crippen LogP contribution in [0.2, 0.25) is 0 Å². The van der Waals surface area contributed by atoms with E-state index >= 15 is 0 Å². The molecular weight excluding hydrogens is 167 g/mol. The predicted molar refractivity (Wildman–Crippen MR) is 54.1 cm³/mol. The smallest absolute Gasteiger partial charge is 0.119 e. The third-order valence-electron chi connectivity index (χ3n) is 2.21. The zero-order valence-electron chi connectivity index (χ0n) is 9.36. The van der Waals surface area contributed by atoms with Crippen LogP contribution < -0.4 is 0 Å². The first-order chi connectivity index (χ1) is 5.86. The van der Waals surface area contributed by atoms with Crippen LogP contribution in [0.4, 0.5) is 4.39 Å². The predicted octanol–water partition coefficient (Wildman–Crippen LogP) is 3.97. The van der Waals surface area contributed by atoms with Crippen LogP contribution in [0.1, 0.15) is 41.5 Å². The summed E-state index contributed by atoms with van der Waals surface area (Å²) in [5.41, 5.74) is 1.77. The van der Waals surface area contributed by atoms with Gasteiger partial charge in [0.05, 0.1) is 11.6 Å². The third kappa shape index (κ3) is 4.11. The van der Waals surface area contributed by atoms with Crippen LogP contribution >= 0.6 is 0 Å². The molecule has 1 nitrogen and oxygen atoms in total. The molecule has 0 aromatic carbocycles. The Hall–Kier alpha value is -0.790. The van der Waals surface area contributed by atoms with Gasteiger partial charge in [-0.2, -0.15) is 0 Å². The largest absolute Gasteiger partial charge is 0.491 e. The lowest BCUT2D eigenvalue weighted by Crippen LogP contribution is -2.09. The van der Waals surface area contributed by atoms with E-state index in [4.69, 9.17) is 4.74 Å². The van der Waals surface area contributed by atoms with Gasteiger partial charge in [-0.25, -0.2) is 4.39 Å². The van der Waals surface area contributed by atoms with Crippen molar-refractivity contribution in [3.8, 4) is 0 Å². The Morgan fingerprint density at radius 3 is 1.85 bits per heavy atom. The van der Waals surface area contributed by atoms with Crippen LogP contribution in [-0.4, -0.2) is 6.10 Å². The molecule has 76 valence electrons. The molecular formula is C11H19FO. The molecule has 2 heteroatoms. The summed E-state index contributed by atoms with van der Waals surface area (Å²) >= 11 is 0. The molecule has 0 heterocycles. The molecule has 0 aliphatic carbocycles. The average Bonchev–Trinajstić information content (AvgIpc) is 2.02. The highest BCUT2D eigenvalue weighted by atomic mass is 19.1. The van der Waals surface area contributed by atoms with Gasteiger partial charge < -0.3 is 4.74 Å². The van der Waals surface area contributed by atoms with Gasteiger partial charge in [-0.1, -0.05) is 0 Å². The van der Waals surface area contributed by atoms with Crippen molar-refractivity contribution in [2.24, 2.45) is 0 Å². The highest BCUT2D eigenvalue weighted by Crippen LogP contribution is 2.16. The number of hydrogen-bond acceptors (Lipinski definition) is 1. The van der Waals surface area contributed by atoms with E-state index in [1.807, 2.05) is 27.7 Å². The highest BCUT2D eigenvalue weighted by molar-refractivity contribution is 5.10. The zero-order chi connectivity index (χ0) is 10.6. The molecule has 13 heavy (non-hydrogen) atoms. The molecule has 0 radical (unpaired) electrons. The van der Waals surface area contributed by atoms with E-state index in [0.29, 0.717) is 5.57 Å². The van der Waals surface area contributed by atoms with E-state index in [0.717, 1.165) is 11.3 Å². The van der Waals surface area contributed by atoms with E-state index in [2.05, 4.69) is 0 Å². The summed E-state index contributed by atoms with van der Waals surface area (Å²) in [6.07, 6.45) is -0.181. The molecule has 0 bridgehead atoms. The first-order valence-electron chi connectivity index (χ1n) is 4.49. The van der Waals surface area contributed by atoms with E-state index < -0.39 is 0 Å². The van der Waals surface area contributed by atoms with Gasteiger partial charge >= 0.3 is 0 Å². The Bertz CT molecular complexity index is 230. The lowest BCUT2D eigenvalue weighted by Gasteiger charge is -2.17. The van der Waals surface area contributed by atoms with Gasteiger partial charge in [0.1, 0.15) is 6.10 Å². The van der Waals surface area contributed by atoms with Crippen LogP contribution in [-0.2, 0) is 4.74 Å². The molecule has 0 aromatic heterocycles. The quantitative estimate of drug-likeness (QED) is 0.606. The summed E-state index contributed by atoms with van der Waals surface area (Å²) in [7, 11) is 0. The number of allylic oxidation sites excluding steroid dienone is 3. The maximum Gasteiger partial charge on any atom is 0.119 e. The Kier molecular flexibility index (Phi) is 4.74. The number of ether oxygens (including phenoxy) is 1. The van der Waals surface area contributed by atoms with Crippen molar-refractivity contribution < 1.29 is 9.13 Å². The number of halogens is 1. The second-order valence-corrected chi connectivity index (χ2v) is 3.53. The molecule has 0 rings (SSSR count). The Morgan fingerprint density at radius 2 is 1.54 bits per heavy atom. The van der Waals surface area contributed by atoms with Crippen molar-refractivity contribution in [2.45, 2.75) is 47.6 Å². The van der Waals surface area contributed by atoms with Gasteiger partial charge in [0.25, 0.3) is 0 Å². The van der Waals surface area contributed by atoms with Crippen molar-refractivity contribution in [3.63, 3.8) is 0 Å². The van der Waals surface area contributed by atoms with Crippen LogP contribution in [0.5, 0.6) is 0 Å². The molecule has 0 spiro atoms. The molecule has 1 atom stereocenters. The highest BCUT2D eigenvalue weighted by Gasteiger charge is 2.09. The first kappa shape index (κ1) is 12.2. The summed E-state index contributed by atoms with van der Waals surface area (Å²) in [5.74, 6) is 0.710. The van der Waals surface area contributed by atoms with Crippen molar-refractivity contribution in [2.75, 3.05) is 0 Å². The van der Waals surface area contributed by atoms with Crippen LogP contribution in [0.25, 0.3) is 0 Å². The molecule has 0 aliphatic heterocycles.